The first-order chi connectivity index (χ1) is 14.1. The van der Waals surface area contributed by atoms with Gasteiger partial charge in [0.15, 0.2) is 17.5 Å². The van der Waals surface area contributed by atoms with Crippen LogP contribution in [-0.2, 0) is 0 Å². The Morgan fingerprint density at radius 3 is 1.93 bits per heavy atom. The number of benzene rings is 2. The van der Waals surface area contributed by atoms with Gasteiger partial charge >= 0.3 is 0 Å². The highest BCUT2D eigenvalue weighted by atomic mass is 19.2. The maximum atomic E-state index is 13.5. The van der Waals surface area contributed by atoms with Crippen LogP contribution in [0.15, 0.2) is 36.4 Å². The summed E-state index contributed by atoms with van der Waals surface area (Å²) in [4.78, 5) is 0. The molecule has 2 aromatic rings. The second-order valence-electron chi connectivity index (χ2n) is 8.65. The Bertz CT molecular complexity index is 735. The average molecular weight is 403 g/mol. The summed E-state index contributed by atoms with van der Waals surface area (Å²) in [5.41, 5.74) is 2.38. The van der Waals surface area contributed by atoms with Gasteiger partial charge in [-0.3, -0.25) is 0 Å². The average Bonchev–Trinajstić information content (AvgIpc) is 2.75. The molecule has 0 saturated heterocycles. The van der Waals surface area contributed by atoms with Crippen molar-refractivity contribution >= 4 is 0 Å². The van der Waals surface area contributed by atoms with Gasteiger partial charge in [0.2, 0.25) is 0 Å². The zero-order valence-electron chi connectivity index (χ0n) is 17.5. The summed E-state index contributed by atoms with van der Waals surface area (Å²) in [6.45, 7) is 2.26. The van der Waals surface area contributed by atoms with E-state index in [4.69, 9.17) is 0 Å². The van der Waals surface area contributed by atoms with Crippen LogP contribution in [0.25, 0.3) is 11.1 Å². The second kappa shape index (κ2) is 10.8. The van der Waals surface area contributed by atoms with E-state index in [1.807, 2.05) is 12.1 Å². The summed E-state index contributed by atoms with van der Waals surface area (Å²) in [5, 5.41) is 0. The lowest BCUT2D eigenvalue weighted by molar-refractivity contribution is 0.302. The molecule has 1 saturated carbocycles. The Hall–Kier alpha value is -1.77. The van der Waals surface area contributed by atoms with Crippen LogP contribution in [0.5, 0.6) is 0 Å². The number of hydrogen-bond donors (Lipinski definition) is 0. The molecule has 3 heteroatoms. The number of hydrogen-bond acceptors (Lipinski definition) is 0. The molecule has 0 heterocycles. The van der Waals surface area contributed by atoms with Crippen LogP contribution in [0, 0.1) is 23.4 Å². The maximum Gasteiger partial charge on any atom is 0.194 e. The third-order valence-electron chi connectivity index (χ3n) is 6.51. The molecule has 0 radical (unpaired) electrons. The first-order valence-corrected chi connectivity index (χ1v) is 11.3. The van der Waals surface area contributed by atoms with Crippen molar-refractivity contribution in [3.63, 3.8) is 0 Å². The molecule has 29 heavy (non-hydrogen) atoms. The highest BCUT2D eigenvalue weighted by molar-refractivity contribution is 5.64. The van der Waals surface area contributed by atoms with Crippen molar-refractivity contribution in [2.75, 3.05) is 0 Å². The molecule has 0 aliphatic heterocycles. The Kier molecular flexibility index (Phi) is 8.20. The molecule has 0 aromatic heterocycles. The highest BCUT2D eigenvalue weighted by Crippen LogP contribution is 2.38. The third-order valence-corrected chi connectivity index (χ3v) is 6.51. The molecular formula is C26H33F3. The van der Waals surface area contributed by atoms with Gasteiger partial charge in [0, 0.05) is 0 Å². The van der Waals surface area contributed by atoms with Gasteiger partial charge < -0.3 is 0 Å². The molecule has 0 bridgehead atoms. The second-order valence-corrected chi connectivity index (χ2v) is 8.65. The van der Waals surface area contributed by atoms with Crippen molar-refractivity contribution in [3.05, 3.63) is 59.4 Å². The maximum absolute atomic E-state index is 13.5. The summed E-state index contributed by atoms with van der Waals surface area (Å²) in [6, 6.07) is 10.0. The largest absolute Gasteiger partial charge is 0.204 e. The first kappa shape index (κ1) is 21.9. The summed E-state index contributed by atoms with van der Waals surface area (Å²) >= 11 is 0. The molecule has 2 aromatic carbocycles. The minimum absolute atomic E-state index is 0.371. The Morgan fingerprint density at radius 1 is 0.724 bits per heavy atom. The summed E-state index contributed by atoms with van der Waals surface area (Å²) in [5.74, 6) is -2.25. The molecule has 1 aliphatic carbocycles. The van der Waals surface area contributed by atoms with Gasteiger partial charge in [-0.25, -0.2) is 13.2 Å². The van der Waals surface area contributed by atoms with Crippen molar-refractivity contribution in [2.45, 2.75) is 83.5 Å². The van der Waals surface area contributed by atoms with Gasteiger partial charge in [0.05, 0.1) is 0 Å². The fourth-order valence-corrected chi connectivity index (χ4v) is 4.67. The van der Waals surface area contributed by atoms with Crippen molar-refractivity contribution in [1.29, 1.82) is 0 Å². The molecule has 0 spiro atoms. The predicted octanol–water partition coefficient (Wildman–Crippen LogP) is 8.80. The van der Waals surface area contributed by atoms with Crippen molar-refractivity contribution in [3.8, 4) is 11.1 Å². The molecular weight excluding hydrogens is 369 g/mol. The molecule has 3 rings (SSSR count). The molecule has 158 valence electrons. The molecule has 0 atom stereocenters. The van der Waals surface area contributed by atoms with Crippen LogP contribution in [0.2, 0.25) is 0 Å². The summed E-state index contributed by atoms with van der Waals surface area (Å²) < 4.78 is 40.1. The standard InChI is InChI=1S/C26H33F3/c1-2-3-4-5-6-7-8-19-9-11-20(12-10-19)21-13-15-22(16-14-21)23-17-24(27)26(29)25(28)18-23/h13-20H,2-12H2,1H3/t19-,20-. The van der Waals surface area contributed by atoms with E-state index in [9.17, 15) is 13.2 Å². The molecule has 0 amide bonds. The molecule has 1 aliphatic rings. The Labute approximate surface area is 173 Å². The van der Waals surface area contributed by atoms with E-state index in [2.05, 4.69) is 19.1 Å². The van der Waals surface area contributed by atoms with Gasteiger partial charge in [-0.2, -0.15) is 0 Å². The fraction of sp³-hybridized carbons (Fsp3) is 0.538. The van der Waals surface area contributed by atoms with E-state index >= 15 is 0 Å². The zero-order valence-corrected chi connectivity index (χ0v) is 17.5. The number of halogens is 3. The van der Waals surface area contributed by atoms with E-state index in [1.54, 1.807) is 0 Å². The van der Waals surface area contributed by atoms with Gasteiger partial charge in [0.25, 0.3) is 0 Å². The zero-order chi connectivity index (χ0) is 20.6. The lowest BCUT2D eigenvalue weighted by Gasteiger charge is -2.29. The normalized spacial score (nSPS) is 19.4. The topological polar surface area (TPSA) is 0 Å². The minimum atomic E-state index is -1.41. The summed E-state index contributed by atoms with van der Waals surface area (Å²) in [6.07, 6.45) is 14.6. The van der Waals surface area contributed by atoms with E-state index in [0.717, 1.165) is 18.1 Å². The number of rotatable bonds is 9. The van der Waals surface area contributed by atoms with Crippen molar-refractivity contribution in [2.24, 2.45) is 5.92 Å². The van der Waals surface area contributed by atoms with Crippen LogP contribution in [0.1, 0.15) is 89.0 Å². The van der Waals surface area contributed by atoms with Gasteiger partial charge in [-0.1, -0.05) is 76.1 Å². The van der Waals surface area contributed by atoms with E-state index in [1.165, 1.54) is 76.2 Å². The van der Waals surface area contributed by atoms with E-state index < -0.39 is 17.5 Å². The van der Waals surface area contributed by atoms with Gasteiger partial charge in [-0.05, 0) is 66.3 Å². The predicted molar refractivity (Wildman–Crippen MR) is 114 cm³/mol. The van der Waals surface area contributed by atoms with E-state index in [0.29, 0.717) is 17.0 Å². The molecule has 0 unspecified atom stereocenters. The van der Waals surface area contributed by atoms with Crippen LogP contribution >= 0.6 is 0 Å². The molecule has 0 nitrogen and oxygen atoms in total. The van der Waals surface area contributed by atoms with Crippen LogP contribution in [-0.4, -0.2) is 0 Å². The minimum Gasteiger partial charge on any atom is -0.204 e. The Morgan fingerprint density at radius 2 is 1.31 bits per heavy atom. The van der Waals surface area contributed by atoms with Crippen LogP contribution in [0.4, 0.5) is 13.2 Å². The van der Waals surface area contributed by atoms with E-state index in [-0.39, 0.29) is 0 Å². The summed E-state index contributed by atoms with van der Waals surface area (Å²) in [7, 11) is 0. The van der Waals surface area contributed by atoms with Crippen molar-refractivity contribution in [1.82, 2.24) is 0 Å². The SMILES string of the molecule is CCCCCCCC[C@H]1CC[C@H](c2ccc(-c3cc(F)c(F)c(F)c3)cc2)CC1. The Balaban J connectivity index is 1.48. The molecule has 1 fully saturated rings. The lowest BCUT2D eigenvalue weighted by Crippen LogP contribution is -2.13. The van der Waals surface area contributed by atoms with Crippen molar-refractivity contribution < 1.29 is 13.2 Å². The van der Waals surface area contributed by atoms with Gasteiger partial charge in [0.1, 0.15) is 0 Å². The quantitative estimate of drug-likeness (QED) is 0.290. The smallest absolute Gasteiger partial charge is 0.194 e. The number of unbranched alkanes of at least 4 members (excludes halogenated alkanes) is 5. The lowest BCUT2D eigenvalue weighted by atomic mass is 9.77. The highest BCUT2D eigenvalue weighted by Gasteiger charge is 2.22. The fourth-order valence-electron chi connectivity index (χ4n) is 4.67. The molecule has 0 N–H and O–H groups in total. The first-order valence-electron chi connectivity index (χ1n) is 11.3. The third kappa shape index (κ3) is 6.10. The monoisotopic (exact) mass is 402 g/mol. The van der Waals surface area contributed by atoms with Crippen LogP contribution < -0.4 is 0 Å². The van der Waals surface area contributed by atoms with Crippen LogP contribution in [0.3, 0.4) is 0 Å². The van der Waals surface area contributed by atoms with Gasteiger partial charge in [-0.15, -0.1) is 0 Å².